The maximum atomic E-state index is 11.9. The summed E-state index contributed by atoms with van der Waals surface area (Å²) in [5.41, 5.74) is 7.41. The number of rotatable bonds is 4. The van der Waals surface area contributed by atoms with Crippen molar-refractivity contribution in [2.45, 2.75) is 39.4 Å². The molecule has 1 aliphatic rings. The van der Waals surface area contributed by atoms with Gasteiger partial charge in [0.05, 0.1) is 12.2 Å². The highest BCUT2D eigenvalue weighted by molar-refractivity contribution is 7.80. The Bertz CT molecular complexity index is 554. The summed E-state index contributed by atoms with van der Waals surface area (Å²) in [6, 6.07) is 7.86. The average Bonchev–Trinajstić information content (AvgIpc) is 2.52. The van der Waals surface area contributed by atoms with Gasteiger partial charge in [-0.1, -0.05) is 17.7 Å². The summed E-state index contributed by atoms with van der Waals surface area (Å²) in [4.78, 5) is 14.2. The van der Waals surface area contributed by atoms with E-state index in [0.717, 1.165) is 18.8 Å². The number of carbonyl (C=O) groups excluding carboxylic acids is 1. The summed E-state index contributed by atoms with van der Waals surface area (Å²) in [5.74, 6) is -0.0881. The molecule has 1 fully saturated rings. The molecule has 0 unspecified atom stereocenters. The van der Waals surface area contributed by atoms with E-state index >= 15 is 0 Å². The molecule has 7 heteroatoms. The third-order valence-corrected chi connectivity index (χ3v) is 3.98. The number of aryl methyl sites for hydroxylation is 1. The van der Waals surface area contributed by atoms with E-state index in [-0.39, 0.29) is 18.1 Å². The zero-order valence-corrected chi connectivity index (χ0v) is 15.3. The van der Waals surface area contributed by atoms with E-state index in [0.29, 0.717) is 18.1 Å². The first-order valence-corrected chi connectivity index (χ1v) is 8.63. The SMILES string of the molecule is Cc1ccc(NC(=S)NNC(=O)CCN2C[C@H](C)O[C@@H](C)C2)cc1. The van der Waals surface area contributed by atoms with E-state index in [9.17, 15) is 4.79 Å². The number of anilines is 1. The molecule has 1 amide bonds. The number of hydrazine groups is 1. The molecule has 3 N–H and O–H groups in total. The second-order valence-electron chi connectivity index (χ2n) is 6.26. The molecule has 0 saturated carbocycles. The van der Waals surface area contributed by atoms with Crippen LogP contribution < -0.4 is 16.2 Å². The summed E-state index contributed by atoms with van der Waals surface area (Å²) in [5, 5.41) is 3.38. The molecule has 1 aromatic rings. The Hall–Kier alpha value is -1.70. The molecule has 0 radical (unpaired) electrons. The minimum atomic E-state index is -0.0881. The van der Waals surface area contributed by atoms with Gasteiger partial charge in [0, 0.05) is 31.7 Å². The molecule has 6 nitrogen and oxygen atoms in total. The predicted molar refractivity (Wildman–Crippen MR) is 99.7 cm³/mol. The average molecular weight is 350 g/mol. The van der Waals surface area contributed by atoms with E-state index in [2.05, 4.69) is 34.9 Å². The van der Waals surface area contributed by atoms with Gasteiger partial charge in [0.15, 0.2) is 5.11 Å². The van der Waals surface area contributed by atoms with Gasteiger partial charge in [0.1, 0.15) is 0 Å². The molecular weight excluding hydrogens is 324 g/mol. The van der Waals surface area contributed by atoms with Gasteiger partial charge in [-0.2, -0.15) is 0 Å². The monoisotopic (exact) mass is 350 g/mol. The fourth-order valence-corrected chi connectivity index (χ4v) is 2.88. The number of hydrogen-bond donors (Lipinski definition) is 3. The third-order valence-electron chi connectivity index (χ3n) is 3.78. The van der Waals surface area contributed by atoms with Gasteiger partial charge in [-0.15, -0.1) is 0 Å². The van der Waals surface area contributed by atoms with Crippen molar-refractivity contribution >= 4 is 28.9 Å². The largest absolute Gasteiger partial charge is 0.373 e. The predicted octanol–water partition coefficient (Wildman–Crippen LogP) is 1.81. The molecule has 0 aromatic heterocycles. The van der Waals surface area contributed by atoms with Crippen molar-refractivity contribution in [1.82, 2.24) is 15.8 Å². The zero-order valence-electron chi connectivity index (χ0n) is 14.5. The molecule has 24 heavy (non-hydrogen) atoms. The Kier molecular flexibility index (Phi) is 6.96. The van der Waals surface area contributed by atoms with Crippen LogP contribution in [0.2, 0.25) is 0 Å². The number of amides is 1. The molecule has 2 atom stereocenters. The van der Waals surface area contributed by atoms with Crippen molar-refractivity contribution in [1.29, 1.82) is 0 Å². The Labute approximate surface area is 148 Å². The van der Waals surface area contributed by atoms with Gasteiger partial charge in [-0.3, -0.25) is 20.5 Å². The van der Waals surface area contributed by atoms with Crippen molar-refractivity contribution in [3.63, 3.8) is 0 Å². The van der Waals surface area contributed by atoms with Crippen LogP contribution in [0.25, 0.3) is 0 Å². The topological polar surface area (TPSA) is 65.6 Å². The fraction of sp³-hybridized carbons (Fsp3) is 0.529. The summed E-state index contributed by atoms with van der Waals surface area (Å²) in [6.45, 7) is 8.57. The maximum Gasteiger partial charge on any atom is 0.239 e. The second-order valence-corrected chi connectivity index (χ2v) is 6.67. The van der Waals surface area contributed by atoms with Crippen LogP contribution in [0, 0.1) is 6.92 Å². The normalized spacial score (nSPS) is 21.1. The Morgan fingerprint density at radius 1 is 1.21 bits per heavy atom. The number of benzene rings is 1. The summed E-state index contributed by atoms with van der Waals surface area (Å²) in [7, 11) is 0. The molecule has 1 saturated heterocycles. The van der Waals surface area contributed by atoms with Crippen LogP contribution in [-0.4, -0.2) is 47.8 Å². The molecule has 132 valence electrons. The molecule has 1 aromatic carbocycles. The first-order chi connectivity index (χ1) is 11.4. The molecular formula is C17H26N4O2S. The number of nitrogens with zero attached hydrogens (tertiary/aromatic N) is 1. The van der Waals surface area contributed by atoms with Gasteiger partial charge in [0.2, 0.25) is 5.91 Å². The molecule has 2 rings (SSSR count). The molecule has 0 spiro atoms. The summed E-state index contributed by atoms with van der Waals surface area (Å²) >= 11 is 5.16. The lowest BCUT2D eigenvalue weighted by Crippen LogP contribution is -2.48. The van der Waals surface area contributed by atoms with Crippen molar-refractivity contribution < 1.29 is 9.53 Å². The van der Waals surface area contributed by atoms with Crippen molar-refractivity contribution in [2.75, 3.05) is 25.0 Å². The van der Waals surface area contributed by atoms with E-state index in [1.165, 1.54) is 5.56 Å². The van der Waals surface area contributed by atoms with Crippen LogP contribution in [0.15, 0.2) is 24.3 Å². The lowest BCUT2D eigenvalue weighted by atomic mass is 10.2. The quantitative estimate of drug-likeness (QED) is 0.569. The van der Waals surface area contributed by atoms with Crippen LogP contribution >= 0.6 is 12.2 Å². The van der Waals surface area contributed by atoms with E-state index in [1.54, 1.807) is 0 Å². The second kappa shape index (κ2) is 8.96. The summed E-state index contributed by atoms with van der Waals surface area (Å²) < 4.78 is 5.69. The van der Waals surface area contributed by atoms with Crippen LogP contribution in [0.3, 0.4) is 0 Å². The molecule has 0 bridgehead atoms. The fourth-order valence-electron chi connectivity index (χ4n) is 2.71. The first-order valence-electron chi connectivity index (χ1n) is 8.22. The number of thiocarbonyl (C=S) groups is 1. The van der Waals surface area contributed by atoms with Crippen LogP contribution in [0.4, 0.5) is 5.69 Å². The van der Waals surface area contributed by atoms with Crippen LogP contribution in [0.1, 0.15) is 25.8 Å². The summed E-state index contributed by atoms with van der Waals surface area (Å²) in [6.07, 6.45) is 0.835. The smallest absolute Gasteiger partial charge is 0.239 e. The van der Waals surface area contributed by atoms with Crippen molar-refractivity contribution in [3.05, 3.63) is 29.8 Å². The molecule has 1 aliphatic heterocycles. The number of morpholine rings is 1. The highest BCUT2D eigenvalue weighted by Gasteiger charge is 2.22. The lowest BCUT2D eigenvalue weighted by molar-refractivity contribution is -0.123. The number of nitrogens with one attached hydrogen (secondary N) is 3. The highest BCUT2D eigenvalue weighted by atomic mass is 32.1. The minimum Gasteiger partial charge on any atom is -0.373 e. The maximum absolute atomic E-state index is 11.9. The standard InChI is InChI=1S/C17H26N4O2S/c1-12-4-6-15(7-5-12)18-17(24)20-19-16(22)8-9-21-10-13(2)23-14(3)11-21/h4-7,13-14H,8-11H2,1-3H3,(H,19,22)(H2,18,20,24)/t13-,14-/m0/s1. The molecule has 1 heterocycles. The van der Waals surface area contributed by atoms with Crippen LogP contribution in [-0.2, 0) is 9.53 Å². The van der Waals surface area contributed by atoms with Gasteiger partial charge in [-0.05, 0) is 45.1 Å². The van der Waals surface area contributed by atoms with Gasteiger partial charge in [0.25, 0.3) is 0 Å². The van der Waals surface area contributed by atoms with Gasteiger partial charge >= 0.3 is 0 Å². The minimum absolute atomic E-state index is 0.0881. The van der Waals surface area contributed by atoms with E-state index in [4.69, 9.17) is 17.0 Å². The Morgan fingerprint density at radius 2 is 1.83 bits per heavy atom. The number of carbonyl (C=O) groups is 1. The van der Waals surface area contributed by atoms with Gasteiger partial charge in [-0.25, -0.2) is 0 Å². The van der Waals surface area contributed by atoms with Crippen LogP contribution in [0.5, 0.6) is 0 Å². The van der Waals surface area contributed by atoms with E-state index < -0.39 is 0 Å². The van der Waals surface area contributed by atoms with E-state index in [1.807, 2.05) is 31.2 Å². The Balaban J connectivity index is 1.65. The highest BCUT2D eigenvalue weighted by Crippen LogP contribution is 2.10. The number of hydrogen-bond acceptors (Lipinski definition) is 4. The van der Waals surface area contributed by atoms with Crippen molar-refractivity contribution in [2.24, 2.45) is 0 Å². The molecule has 0 aliphatic carbocycles. The van der Waals surface area contributed by atoms with Crippen molar-refractivity contribution in [3.8, 4) is 0 Å². The number of ether oxygens (including phenoxy) is 1. The first kappa shape index (κ1) is 18.6. The Morgan fingerprint density at radius 3 is 2.46 bits per heavy atom. The van der Waals surface area contributed by atoms with Gasteiger partial charge < -0.3 is 10.1 Å². The lowest BCUT2D eigenvalue weighted by Gasteiger charge is -2.35. The zero-order chi connectivity index (χ0) is 17.5. The third kappa shape index (κ3) is 6.43.